The second-order valence-electron chi connectivity index (χ2n) is 7.34. The first-order chi connectivity index (χ1) is 15.4. The van der Waals surface area contributed by atoms with Crippen molar-refractivity contribution in [2.24, 2.45) is 0 Å². The number of carbonyl (C=O) groups excluding carboxylic acids is 2. The molecule has 0 bridgehead atoms. The van der Waals surface area contributed by atoms with Gasteiger partial charge in [0, 0.05) is 28.5 Å². The molecular formula is C25H26Cl2N2O3. The molecule has 0 saturated heterocycles. The van der Waals surface area contributed by atoms with Crippen molar-refractivity contribution in [2.75, 3.05) is 13.2 Å². The van der Waals surface area contributed by atoms with E-state index in [1.54, 1.807) is 18.2 Å². The minimum Gasteiger partial charge on any atom is -0.483 e. The Morgan fingerprint density at radius 2 is 1.78 bits per heavy atom. The van der Waals surface area contributed by atoms with Gasteiger partial charge in [-0.15, -0.1) is 0 Å². The maximum atomic E-state index is 13.3. The molecule has 3 aromatic carbocycles. The minimum absolute atomic E-state index is 0.170. The number of amides is 2. The lowest BCUT2D eigenvalue weighted by Gasteiger charge is -2.30. The highest BCUT2D eigenvalue weighted by molar-refractivity contribution is 6.35. The fraction of sp³-hybridized carbons (Fsp3) is 0.280. The average Bonchev–Trinajstić information content (AvgIpc) is 2.79. The Balaban J connectivity index is 1.85. The van der Waals surface area contributed by atoms with Crippen molar-refractivity contribution in [3.63, 3.8) is 0 Å². The molecule has 0 saturated carbocycles. The van der Waals surface area contributed by atoms with Crippen LogP contribution in [0.15, 0.2) is 60.7 Å². The quantitative estimate of drug-likeness (QED) is 0.449. The van der Waals surface area contributed by atoms with Crippen LogP contribution in [0.25, 0.3) is 10.8 Å². The smallest absolute Gasteiger partial charge is 0.261 e. The molecular weight excluding hydrogens is 447 g/mol. The van der Waals surface area contributed by atoms with E-state index in [1.807, 2.05) is 56.3 Å². The summed E-state index contributed by atoms with van der Waals surface area (Å²) in [5, 5.41) is 5.70. The van der Waals surface area contributed by atoms with Crippen LogP contribution in [0.3, 0.4) is 0 Å². The zero-order valence-corrected chi connectivity index (χ0v) is 19.6. The lowest BCUT2D eigenvalue weighted by atomic mass is 10.1. The van der Waals surface area contributed by atoms with E-state index in [9.17, 15) is 9.59 Å². The summed E-state index contributed by atoms with van der Waals surface area (Å²) >= 11 is 12.4. The summed E-state index contributed by atoms with van der Waals surface area (Å²) in [5.41, 5.74) is 0.706. The highest BCUT2D eigenvalue weighted by Gasteiger charge is 2.29. The predicted molar refractivity (Wildman–Crippen MR) is 129 cm³/mol. The van der Waals surface area contributed by atoms with Gasteiger partial charge in [-0.2, -0.15) is 0 Å². The molecule has 7 heteroatoms. The monoisotopic (exact) mass is 472 g/mol. The molecule has 3 rings (SSSR count). The third-order valence-electron chi connectivity index (χ3n) is 5.19. The molecule has 0 aliphatic rings. The normalized spacial score (nSPS) is 11.8. The molecule has 0 aliphatic heterocycles. The van der Waals surface area contributed by atoms with E-state index in [2.05, 4.69) is 5.32 Å². The molecule has 0 aromatic heterocycles. The van der Waals surface area contributed by atoms with Crippen LogP contribution in [0.4, 0.5) is 0 Å². The predicted octanol–water partition coefficient (Wildman–Crippen LogP) is 5.47. The minimum atomic E-state index is -0.648. The first kappa shape index (κ1) is 23.9. The van der Waals surface area contributed by atoms with Gasteiger partial charge in [0.2, 0.25) is 5.91 Å². The number of rotatable bonds is 9. The Hall–Kier alpha value is -2.76. The van der Waals surface area contributed by atoms with Gasteiger partial charge in [-0.1, -0.05) is 72.6 Å². The molecule has 0 aliphatic carbocycles. The third kappa shape index (κ3) is 5.72. The Kier molecular flexibility index (Phi) is 8.37. The van der Waals surface area contributed by atoms with Crippen molar-refractivity contribution in [3.05, 3.63) is 76.3 Å². The lowest BCUT2D eigenvalue weighted by Crippen LogP contribution is -2.50. The molecule has 32 heavy (non-hydrogen) atoms. The van der Waals surface area contributed by atoms with Crippen LogP contribution in [0.5, 0.6) is 5.75 Å². The van der Waals surface area contributed by atoms with Crippen LogP contribution in [0, 0.1) is 0 Å². The van der Waals surface area contributed by atoms with E-state index in [0.717, 1.165) is 10.8 Å². The van der Waals surface area contributed by atoms with E-state index in [-0.39, 0.29) is 25.0 Å². The van der Waals surface area contributed by atoms with Gasteiger partial charge < -0.3 is 15.0 Å². The first-order valence-electron chi connectivity index (χ1n) is 10.6. The maximum absolute atomic E-state index is 13.3. The van der Waals surface area contributed by atoms with Gasteiger partial charge in [-0.05, 0) is 42.5 Å². The Morgan fingerprint density at radius 1 is 1.03 bits per heavy atom. The zero-order chi connectivity index (χ0) is 23.1. The summed E-state index contributed by atoms with van der Waals surface area (Å²) in [6.45, 7) is 4.16. The highest BCUT2D eigenvalue weighted by atomic mass is 35.5. The number of nitrogens with one attached hydrogen (secondary N) is 1. The number of halogens is 2. The summed E-state index contributed by atoms with van der Waals surface area (Å²) in [6, 6.07) is 18.0. The molecule has 168 valence electrons. The van der Waals surface area contributed by atoms with E-state index < -0.39 is 6.04 Å². The SMILES string of the molecule is CCNC(=O)[C@@H](CC)N(Cc1ccc(Cl)cc1Cl)C(=O)COc1cccc2ccccc12. The van der Waals surface area contributed by atoms with Crippen LogP contribution in [0.2, 0.25) is 10.0 Å². The first-order valence-corrected chi connectivity index (χ1v) is 11.3. The largest absolute Gasteiger partial charge is 0.483 e. The average molecular weight is 473 g/mol. The molecule has 2 amide bonds. The highest BCUT2D eigenvalue weighted by Crippen LogP contribution is 2.26. The topological polar surface area (TPSA) is 58.6 Å². The van der Waals surface area contributed by atoms with Gasteiger partial charge in [0.15, 0.2) is 6.61 Å². The van der Waals surface area contributed by atoms with Gasteiger partial charge in [0.05, 0.1) is 0 Å². The fourth-order valence-corrected chi connectivity index (χ4v) is 4.06. The summed E-state index contributed by atoms with van der Waals surface area (Å²) in [7, 11) is 0. The summed E-state index contributed by atoms with van der Waals surface area (Å²) in [4.78, 5) is 27.5. The molecule has 5 nitrogen and oxygen atoms in total. The fourth-order valence-electron chi connectivity index (χ4n) is 3.59. The Labute approximate surface area is 198 Å². The van der Waals surface area contributed by atoms with Crippen LogP contribution in [0.1, 0.15) is 25.8 Å². The number of likely N-dealkylation sites (N-methyl/N-ethyl adjacent to an activating group) is 1. The van der Waals surface area contributed by atoms with Crippen molar-refractivity contribution in [2.45, 2.75) is 32.9 Å². The summed E-state index contributed by atoms with van der Waals surface area (Å²) in [5.74, 6) is 0.104. The third-order valence-corrected chi connectivity index (χ3v) is 5.78. The summed E-state index contributed by atoms with van der Waals surface area (Å²) < 4.78 is 5.91. The molecule has 1 atom stereocenters. The van der Waals surface area contributed by atoms with Crippen LogP contribution in [-0.4, -0.2) is 35.9 Å². The van der Waals surface area contributed by atoms with Crippen molar-refractivity contribution in [1.82, 2.24) is 10.2 Å². The number of hydrogen-bond acceptors (Lipinski definition) is 3. The molecule has 1 N–H and O–H groups in total. The standard InChI is InChI=1S/C25H26Cl2N2O3/c1-3-22(25(31)28-4-2)29(15-18-12-13-19(26)14-21(18)27)24(30)16-32-23-11-7-9-17-8-5-6-10-20(17)23/h5-14,22H,3-4,15-16H2,1-2H3,(H,28,31)/t22-/m1/s1. The molecule has 3 aromatic rings. The molecule has 0 heterocycles. The second-order valence-corrected chi connectivity index (χ2v) is 8.19. The Morgan fingerprint density at radius 3 is 2.50 bits per heavy atom. The molecule has 0 spiro atoms. The lowest BCUT2D eigenvalue weighted by molar-refractivity contribution is -0.142. The molecule has 0 radical (unpaired) electrons. The van der Waals surface area contributed by atoms with Gasteiger partial charge in [0.1, 0.15) is 11.8 Å². The van der Waals surface area contributed by atoms with E-state index in [1.165, 1.54) is 4.90 Å². The van der Waals surface area contributed by atoms with Crippen LogP contribution in [-0.2, 0) is 16.1 Å². The van der Waals surface area contributed by atoms with Crippen molar-refractivity contribution in [1.29, 1.82) is 0 Å². The second kappa shape index (κ2) is 11.2. The molecule has 0 fully saturated rings. The van der Waals surface area contributed by atoms with Crippen molar-refractivity contribution < 1.29 is 14.3 Å². The number of ether oxygens (including phenoxy) is 1. The Bertz CT molecular complexity index is 1100. The van der Waals surface area contributed by atoms with Crippen molar-refractivity contribution in [3.8, 4) is 5.75 Å². The van der Waals surface area contributed by atoms with Gasteiger partial charge in [0.25, 0.3) is 5.91 Å². The van der Waals surface area contributed by atoms with E-state index >= 15 is 0 Å². The number of nitrogens with zero attached hydrogens (tertiary/aromatic N) is 1. The number of hydrogen-bond donors (Lipinski definition) is 1. The van der Waals surface area contributed by atoms with Crippen LogP contribution >= 0.6 is 23.2 Å². The van der Waals surface area contributed by atoms with Gasteiger partial charge in [-0.25, -0.2) is 0 Å². The number of fused-ring (bicyclic) bond motifs is 1. The molecule has 0 unspecified atom stereocenters. The summed E-state index contributed by atoms with van der Waals surface area (Å²) in [6.07, 6.45) is 0.455. The van der Waals surface area contributed by atoms with Gasteiger partial charge in [-0.3, -0.25) is 9.59 Å². The number of benzene rings is 3. The van der Waals surface area contributed by atoms with E-state index in [4.69, 9.17) is 27.9 Å². The maximum Gasteiger partial charge on any atom is 0.261 e. The van der Waals surface area contributed by atoms with Crippen molar-refractivity contribution >= 4 is 45.8 Å². The van der Waals surface area contributed by atoms with E-state index in [0.29, 0.717) is 34.3 Å². The number of carbonyl (C=O) groups is 2. The van der Waals surface area contributed by atoms with Crippen LogP contribution < -0.4 is 10.1 Å². The van der Waals surface area contributed by atoms with Gasteiger partial charge >= 0.3 is 0 Å². The zero-order valence-electron chi connectivity index (χ0n) is 18.1.